The molecule has 0 spiro atoms. The third kappa shape index (κ3) is 37.7. The van der Waals surface area contributed by atoms with Gasteiger partial charge in [-0.3, -0.25) is 18.9 Å². The maximum absolute atomic E-state index is 12.9. The molecule has 0 fully saturated rings. The van der Waals surface area contributed by atoms with Crippen LogP contribution in [0.5, 0.6) is 0 Å². The average Bonchev–Trinajstić information content (AvgIpc) is 3.18. The number of aliphatic hydroxyl groups is 1. The van der Waals surface area contributed by atoms with Gasteiger partial charge in [-0.2, -0.15) is 0 Å². The predicted octanol–water partition coefficient (Wildman–Crippen LogP) is 9.83. The number of nitrogens with two attached hydrogens (primary N) is 1. The van der Waals surface area contributed by atoms with Crippen LogP contribution in [0, 0.1) is 0 Å². The van der Waals surface area contributed by atoms with Gasteiger partial charge in [-0.1, -0.05) is 139 Å². The minimum atomic E-state index is -4.92. The van der Waals surface area contributed by atoms with Gasteiger partial charge in [-0.05, 0) is 64.2 Å². The van der Waals surface area contributed by atoms with Crippen LogP contribution in [-0.4, -0.2) is 80.4 Å². The van der Waals surface area contributed by atoms with Gasteiger partial charge < -0.3 is 35.2 Å². The van der Waals surface area contributed by atoms with Gasteiger partial charge in [0.25, 0.3) is 0 Å². The fraction of sp³-hybridized carbons (Fsp3) is 0.705. The van der Waals surface area contributed by atoms with Crippen LogP contribution in [0.4, 0.5) is 0 Å². The molecule has 0 saturated heterocycles. The zero-order chi connectivity index (χ0) is 43.1. The van der Waals surface area contributed by atoms with E-state index in [4.69, 9.17) is 20.3 Å². The highest BCUT2D eigenvalue weighted by atomic mass is 32.2. The highest BCUT2D eigenvalue weighted by Gasteiger charge is 2.27. The van der Waals surface area contributed by atoms with Crippen molar-refractivity contribution in [2.45, 2.75) is 179 Å². The molecular formula is C44H76NO11PS. The second-order valence-corrected chi connectivity index (χ2v) is 17.0. The van der Waals surface area contributed by atoms with Crippen molar-refractivity contribution in [3.8, 4) is 0 Å². The van der Waals surface area contributed by atoms with Crippen LogP contribution in [0.25, 0.3) is 0 Å². The van der Waals surface area contributed by atoms with E-state index in [-0.39, 0.29) is 31.4 Å². The fourth-order valence-electron chi connectivity index (χ4n) is 5.61. The molecular weight excluding hydrogens is 782 g/mol. The maximum Gasteiger partial charge on any atom is 0.469 e. The topological polar surface area (TPSA) is 203 Å². The van der Waals surface area contributed by atoms with Crippen molar-refractivity contribution < 1.29 is 52.9 Å². The van der Waals surface area contributed by atoms with E-state index in [1.807, 2.05) is 18.2 Å². The first-order chi connectivity index (χ1) is 27.9. The number of aliphatic carboxylic acids is 1. The molecule has 0 radical (unpaired) electrons. The summed E-state index contributed by atoms with van der Waals surface area (Å²) in [6, 6.07) is -1.20. The number of esters is 2. The summed E-state index contributed by atoms with van der Waals surface area (Å²) in [6.45, 7) is 3.21. The first-order valence-electron chi connectivity index (χ1n) is 21.5. The lowest BCUT2D eigenvalue weighted by Crippen LogP contribution is -2.40. The zero-order valence-corrected chi connectivity index (χ0v) is 37.1. The van der Waals surface area contributed by atoms with Gasteiger partial charge in [0.1, 0.15) is 12.6 Å². The summed E-state index contributed by atoms with van der Waals surface area (Å²) >= 11 is 1.18. The lowest BCUT2D eigenvalue weighted by Gasteiger charge is -2.23. The van der Waals surface area contributed by atoms with Crippen molar-refractivity contribution in [2.24, 2.45) is 5.73 Å². The number of rotatable bonds is 39. The van der Waals surface area contributed by atoms with Crippen molar-refractivity contribution in [1.29, 1.82) is 0 Å². The average molecular weight is 858 g/mol. The van der Waals surface area contributed by atoms with Gasteiger partial charge >= 0.3 is 25.7 Å². The van der Waals surface area contributed by atoms with Crippen LogP contribution >= 0.6 is 19.6 Å². The number of allylic oxidation sites excluding steroid dienone is 9. The number of carbonyl (C=O) groups excluding carboxylic acids is 2. The van der Waals surface area contributed by atoms with E-state index < -0.39 is 62.4 Å². The Balaban J connectivity index is 4.88. The molecule has 0 aliphatic rings. The van der Waals surface area contributed by atoms with Crippen molar-refractivity contribution in [3.05, 3.63) is 60.8 Å². The monoisotopic (exact) mass is 857 g/mol. The molecule has 0 unspecified atom stereocenters. The Morgan fingerprint density at radius 2 is 1.28 bits per heavy atom. The highest BCUT2D eigenvalue weighted by Crippen LogP contribution is 2.36. The third-order valence-corrected chi connectivity index (χ3v) is 10.9. The SMILES string of the molecule is CCCCC/C=C\C\C=C/C=C/C=C/[C@@H](SC[C@H](N)C(=O)O[C@H](COC(=O)CCCCCCCCC/C=C\CCCCCC)COP(=O)(O)O)[C@@H](O)CCCC(=O)O. The van der Waals surface area contributed by atoms with E-state index in [1.54, 1.807) is 18.2 Å². The summed E-state index contributed by atoms with van der Waals surface area (Å²) in [5.74, 6) is -2.40. The van der Waals surface area contributed by atoms with Crippen LogP contribution < -0.4 is 5.73 Å². The van der Waals surface area contributed by atoms with E-state index in [9.17, 15) is 33.8 Å². The molecule has 12 nitrogen and oxygen atoms in total. The Morgan fingerprint density at radius 3 is 1.91 bits per heavy atom. The predicted molar refractivity (Wildman–Crippen MR) is 235 cm³/mol. The van der Waals surface area contributed by atoms with Crippen LogP contribution in [0.15, 0.2) is 60.8 Å². The van der Waals surface area contributed by atoms with E-state index in [2.05, 4.69) is 42.7 Å². The summed E-state index contributed by atoms with van der Waals surface area (Å²) in [5.41, 5.74) is 6.12. The molecule has 14 heteroatoms. The Hall–Kier alpha value is -2.51. The molecule has 0 saturated carbocycles. The Kier molecular flexibility index (Phi) is 37.0. The summed E-state index contributed by atoms with van der Waals surface area (Å²) in [4.78, 5) is 54.7. The lowest BCUT2D eigenvalue weighted by atomic mass is 10.1. The summed E-state index contributed by atoms with van der Waals surface area (Å²) in [6.07, 6.45) is 38.4. The number of phosphoric ester groups is 1. The molecule has 0 aliphatic heterocycles. The number of aliphatic hydroxyl groups excluding tert-OH is 1. The van der Waals surface area contributed by atoms with Gasteiger partial charge in [-0.25, -0.2) is 4.57 Å². The molecule has 0 rings (SSSR count). The quantitative estimate of drug-likeness (QED) is 0.0129. The molecule has 0 aromatic carbocycles. The van der Waals surface area contributed by atoms with Crippen LogP contribution in [-0.2, 0) is 32.9 Å². The first-order valence-corrected chi connectivity index (χ1v) is 24.1. The smallest absolute Gasteiger partial charge is 0.469 e. The van der Waals surface area contributed by atoms with Crippen molar-refractivity contribution in [3.63, 3.8) is 0 Å². The molecule has 0 aromatic heterocycles. The highest BCUT2D eigenvalue weighted by molar-refractivity contribution is 8.00. The van der Waals surface area contributed by atoms with E-state index >= 15 is 0 Å². The van der Waals surface area contributed by atoms with Gasteiger partial charge in [-0.15, -0.1) is 11.8 Å². The molecule has 0 aromatic rings. The molecule has 0 amide bonds. The van der Waals surface area contributed by atoms with E-state index in [1.165, 1.54) is 76.0 Å². The lowest BCUT2D eigenvalue weighted by molar-refractivity contribution is -0.161. The maximum atomic E-state index is 12.9. The number of carboxylic acid groups (broad SMARTS) is 1. The number of phosphoric acid groups is 1. The van der Waals surface area contributed by atoms with E-state index in [0.717, 1.165) is 44.9 Å². The van der Waals surface area contributed by atoms with Crippen molar-refractivity contribution >= 4 is 37.5 Å². The third-order valence-electron chi connectivity index (χ3n) is 9.01. The molecule has 0 aliphatic carbocycles. The number of carboxylic acids is 1. The Labute approximate surface area is 353 Å². The minimum Gasteiger partial charge on any atom is -0.481 e. The normalized spacial score (nSPS) is 14.6. The van der Waals surface area contributed by atoms with Crippen molar-refractivity contribution in [1.82, 2.24) is 0 Å². The number of ether oxygens (including phenoxy) is 2. The molecule has 334 valence electrons. The molecule has 58 heavy (non-hydrogen) atoms. The molecule has 0 heterocycles. The van der Waals surface area contributed by atoms with Gasteiger partial charge in [0.2, 0.25) is 0 Å². The summed E-state index contributed by atoms with van der Waals surface area (Å²) < 4.78 is 26.5. The van der Waals surface area contributed by atoms with Crippen LogP contribution in [0.3, 0.4) is 0 Å². The van der Waals surface area contributed by atoms with Gasteiger partial charge in [0, 0.05) is 23.8 Å². The number of unbranched alkanes of at least 4 members (excludes halogenated alkanes) is 14. The van der Waals surface area contributed by atoms with Crippen molar-refractivity contribution in [2.75, 3.05) is 19.0 Å². The zero-order valence-electron chi connectivity index (χ0n) is 35.3. The largest absolute Gasteiger partial charge is 0.481 e. The van der Waals surface area contributed by atoms with Gasteiger partial charge in [0.05, 0.1) is 12.7 Å². The number of thioether (sulfide) groups is 1. The number of hydrogen-bond acceptors (Lipinski definition) is 10. The summed E-state index contributed by atoms with van der Waals surface area (Å²) in [7, 11) is -4.92. The second kappa shape index (κ2) is 38.7. The molecule has 4 atom stereocenters. The van der Waals surface area contributed by atoms with Crippen LogP contribution in [0.1, 0.15) is 155 Å². The second-order valence-electron chi connectivity index (χ2n) is 14.5. The van der Waals surface area contributed by atoms with E-state index in [0.29, 0.717) is 6.42 Å². The standard InChI is InChI=1S/C44H76NO11PS/c1-3-5-7-9-11-13-15-17-18-19-21-23-25-27-29-34-43(49)54-35-38(36-55-57(51,52)53)56-44(50)39(45)37-58-41(40(46)31-30-33-42(47)48)32-28-26-24-22-20-16-14-12-10-8-6-4-2/h12-15,20,22,24,26,28,32,38-41,46H,3-11,16-19,21,23,25,27,29-31,33-37,45H2,1-2H3,(H,47,48)(H2,51,52,53)/b14-12-,15-13-,22-20-,26-24+,32-28+/t38-,39+,40+,41-/m1/s1. The minimum absolute atomic E-state index is 0.000137. The van der Waals surface area contributed by atoms with Gasteiger partial charge in [0.15, 0.2) is 6.10 Å². The first kappa shape index (κ1) is 55.5. The fourth-order valence-corrected chi connectivity index (χ4v) is 7.10. The number of carbonyl (C=O) groups is 3. The molecule has 0 bridgehead atoms. The number of hydrogen-bond donors (Lipinski definition) is 5. The molecule has 6 N–H and O–H groups in total. The summed E-state index contributed by atoms with van der Waals surface area (Å²) in [5, 5.41) is 19.3. The van der Waals surface area contributed by atoms with Crippen LogP contribution in [0.2, 0.25) is 0 Å². The Bertz CT molecular complexity index is 1250. The Morgan fingerprint density at radius 1 is 0.707 bits per heavy atom.